The number of aromatic nitrogens is 2. The molecule has 146 valence electrons. The number of carbonyl (C=O) groups is 2. The molecule has 0 aliphatic rings. The van der Waals surface area contributed by atoms with Gasteiger partial charge in [0, 0.05) is 12.6 Å². The summed E-state index contributed by atoms with van der Waals surface area (Å²) in [5.41, 5.74) is -0.0143. The van der Waals surface area contributed by atoms with E-state index in [1.165, 1.54) is 33.5 Å². The van der Waals surface area contributed by atoms with Gasteiger partial charge in [-0.3, -0.25) is 19.0 Å². The highest BCUT2D eigenvalue weighted by atomic mass is 16.5. The van der Waals surface area contributed by atoms with Crippen LogP contribution in [0, 0.1) is 0 Å². The molecule has 0 unspecified atom stereocenters. The minimum atomic E-state index is -0.808. The third kappa shape index (κ3) is 4.73. The largest absolute Gasteiger partial charge is 0.493 e. The lowest BCUT2D eigenvalue weighted by molar-refractivity contribution is -0.129. The Balaban J connectivity index is 2.19. The Hall–Kier alpha value is -3.14. The van der Waals surface area contributed by atoms with E-state index in [-0.39, 0.29) is 25.1 Å². The second kappa shape index (κ2) is 8.99. The summed E-state index contributed by atoms with van der Waals surface area (Å²) >= 11 is 0. The van der Waals surface area contributed by atoms with Crippen molar-refractivity contribution in [2.45, 2.75) is 19.5 Å². The van der Waals surface area contributed by atoms with Crippen LogP contribution in [0.4, 0.5) is 0 Å². The van der Waals surface area contributed by atoms with Crippen molar-refractivity contribution < 1.29 is 24.2 Å². The highest BCUT2D eigenvalue weighted by Crippen LogP contribution is 2.29. The monoisotopic (exact) mass is 378 g/mol. The van der Waals surface area contributed by atoms with Crippen LogP contribution in [0.1, 0.15) is 6.92 Å². The number of nitrogens with zero attached hydrogens (tertiary/aromatic N) is 2. The minimum Gasteiger partial charge on any atom is -0.493 e. The molecule has 0 saturated carbocycles. The summed E-state index contributed by atoms with van der Waals surface area (Å²) < 4.78 is 11.5. The van der Waals surface area contributed by atoms with Gasteiger partial charge in [0.05, 0.1) is 38.1 Å². The Labute approximate surface area is 155 Å². The van der Waals surface area contributed by atoms with Crippen LogP contribution >= 0.6 is 0 Å². The first-order valence-corrected chi connectivity index (χ1v) is 8.20. The van der Waals surface area contributed by atoms with Crippen LogP contribution in [-0.2, 0) is 16.1 Å². The fourth-order valence-electron chi connectivity index (χ4n) is 2.44. The summed E-state index contributed by atoms with van der Waals surface area (Å²) in [5, 5.41) is 13.9. The molecule has 1 aromatic carbocycles. The number of aliphatic hydroxyl groups excluding tert-OH is 1. The number of carbonyl (C=O) groups excluding carboxylic acids is 2. The normalized spacial score (nSPS) is 11.7. The minimum absolute atomic E-state index is 0.0956. The zero-order valence-electron chi connectivity index (χ0n) is 15.3. The predicted molar refractivity (Wildman–Crippen MR) is 96.8 cm³/mol. The van der Waals surface area contributed by atoms with Crippen molar-refractivity contribution >= 4 is 22.7 Å². The zero-order valence-corrected chi connectivity index (χ0v) is 15.3. The van der Waals surface area contributed by atoms with Crippen LogP contribution in [0.5, 0.6) is 11.5 Å². The van der Waals surface area contributed by atoms with Gasteiger partial charge in [-0.25, -0.2) is 4.98 Å². The first-order chi connectivity index (χ1) is 12.9. The Morgan fingerprint density at radius 2 is 1.93 bits per heavy atom. The van der Waals surface area contributed by atoms with Crippen LogP contribution in [0.2, 0.25) is 0 Å². The molecule has 0 aliphatic heterocycles. The zero-order chi connectivity index (χ0) is 20.0. The smallest absolute Gasteiger partial charge is 0.261 e. The summed E-state index contributed by atoms with van der Waals surface area (Å²) in [6.07, 6.45) is 1.26. The molecule has 2 rings (SSSR count). The molecule has 2 aromatic rings. The second-order valence-corrected chi connectivity index (χ2v) is 5.71. The first kappa shape index (κ1) is 20.2. The van der Waals surface area contributed by atoms with Gasteiger partial charge in [0.25, 0.3) is 5.56 Å². The number of amides is 2. The molecule has 0 radical (unpaired) electrons. The van der Waals surface area contributed by atoms with E-state index in [9.17, 15) is 14.4 Å². The molecular formula is C17H22N4O6. The number of aliphatic hydroxyl groups is 1. The number of benzene rings is 1. The standard InChI is InChI=1S/C17H22N4O6/c1-10(16(24)18-4-5-22)20-15(23)8-21-9-19-12-7-14(27-3)13(26-2)6-11(12)17(21)25/h6-7,9-10,22H,4-5,8H2,1-3H3,(H,18,24)(H,20,23)/t10-/m0/s1. The van der Waals surface area contributed by atoms with E-state index in [2.05, 4.69) is 15.6 Å². The Morgan fingerprint density at radius 1 is 1.26 bits per heavy atom. The van der Waals surface area contributed by atoms with Gasteiger partial charge in [0.1, 0.15) is 12.6 Å². The summed E-state index contributed by atoms with van der Waals surface area (Å²) in [4.78, 5) is 40.7. The van der Waals surface area contributed by atoms with Gasteiger partial charge in [-0.05, 0) is 13.0 Å². The second-order valence-electron chi connectivity index (χ2n) is 5.71. The topological polar surface area (TPSA) is 132 Å². The van der Waals surface area contributed by atoms with Crippen LogP contribution in [-0.4, -0.2) is 59.9 Å². The molecule has 10 nitrogen and oxygen atoms in total. The molecule has 1 atom stereocenters. The average Bonchev–Trinajstić information content (AvgIpc) is 2.67. The highest BCUT2D eigenvalue weighted by Gasteiger charge is 2.17. The van der Waals surface area contributed by atoms with Crippen molar-refractivity contribution in [3.63, 3.8) is 0 Å². The molecular weight excluding hydrogens is 356 g/mol. The van der Waals surface area contributed by atoms with Gasteiger partial charge < -0.3 is 25.2 Å². The van der Waals surface area contributed by atoms with Crippen molar-refractivity contribution in [2.75, 3.05) is 27.4 Å². The van der Waals surface area contributed by atoms with Gasteiger partial charge in [0.15, 0.2) is 11.5 Å². The molecule has 1 aromatic heterocycles. The van der Waals surface area contributed by atoms with Crippen LogP contribution in [0.25, 0.3) is 10.9 Å². The van der Waals surface area contributed by atoms with Crippen molar-refractivity contribution in [1.82, 2.24) is 20.2 Å². The Bertz CT molecular complexity index is 895. The lowest BCUT2D eigenvalue weighted by atomic mass is 10.2. The lowest BCUT2D eigenvalue weighted by Crippen LogP contribution is -2.47. The van der Waals surface area contributed by atoms with Gasteiger partial charge >= 0.3 is 0 Å². The van der Waals surface area contributed by atoms with Gasteiger partial charge in [-0.1, -0.05) is 0 Å². The highest BCUT2D eigenvalue weighted by molar-refractivity contribution is 5.87. The Morgan fingerprint density at radius 3 is 2.56 bits per heavy atom. The summed E-state index contributed by atoms with van der Waals surface area (Å²) in [6, 6.07) is 2.27. The third-order valence-corrected chi connectivity index (χ3v) is 3.83. The fourth-order valence-corrected chi connectivity index (χ4v) is 2.44. The molecule has 27 heavy (non-hydrogen) atoms. The predicted octanol–water partition coefficient (Wildman–Crippen LogP) is -0.973. The molecule has 1 heterocycles. The molecule has 3 N–H and O–H groups in total. The van der Waals surface area contributed by atoms with E-state index in [4.69, 9.17) is 14.6 Å². The summed E-state index contributed by atoms with van der Waals surface area (Å²) in [6.45, 7) is 1.11. The van der Waals surface area contributed by atoms with E-state index < -0.39 is 23.4 Å². The Kier molecular flexibility index (Phi) is 6.72. The molecule has 0 spiro atoms. The number of rotatable bonds is 8. The lowest BCUT2D eigenvalue weighted by Gasteiger charge is -2.14. The first-order valence-electron chi connectivity index (χ1n) is 8.20. The van der Waals surface area contributed by atoms with E-state index in [1.807, 2.05) is 0 Å². The number of fused-ring (bicyclic) bond motifs is 1. The van der Waals surface area contributed by atoms with Crippen molar-refractivity contribution in [3.8, 4) is 11.5 Å². The number of methoxy groups -OCH3 is 2. The van der Waals surface area contributed by atoms with Crippen molar-refractivity contribution in [3.05, 3.63) is 28.8 Å². The number of hydrogen-bond acceptors (Lipinski definition) is 7. The maximum Gasteiger partial charge on any atom is 0.261 e. The quantitative estimate of drug-likeness (QED) is 0.538. The summed E-state index contributed by atoms with van der Waals surface area (Å²) in [7, 11) is 2.93. The van der Waals surface area contributed by atoms with Gasteiger partial charge in [0.2, 0.25) is 11.8 Å². The van der Waals surface area contributed by atoms with Crippen LogP contribution in [0.15, 0.2) is 23.3 Å². The number of ether oxygens (including phenoxy) is 2. The number of nitrogens with one attached hydrogen (secondary N) is 2. The molecule has 0 fully saturated rings. The molecule has 10 heteroatoms. The van der Waals surface area contributed by atoms with Gasteiger partial charge in [-0.2, -0.15) is 0 Å². The third-order valence-electron chi connectivity index (χ3n) is 3.83. The maximum absolute atomic E-state index is 12.6. The van der Waals surface area contributed by atoms with Crippen molar-refractivity contribution in [1.29, 1.82) is 0 Å². The molecule has 2 amide bonds. The van der Waals surface area contributed by atoms with E-state index >= 15 is 0 Å². The van der Waals surface area contributed by atoms with Crippen LogP contribution < -0.4 is 25.7 Å². The van der Waals surface area contributed by atoms with E-state index in [0.717, 1.165) is 4.57 Å². The summed E-state index contributed by atoms with van der Waals surface area (Å²) in [5.74, 6) is -0.140. The molecule has 0 bridgehead atoms. The van der Waals surface area contributed by atoms with Crippen LogP contribution in [0.3, 0.4) is 0 Å². The van der Waals surface area contributed by atoms with E-state index in [0.29, 0.717) is 17.0 Å². The SMILES string of the molecule is COc1cc2ncn(CC(=O)N[C@@H](C)C(=O)NCCO)c(=O)c2cc1OC. The van der Waals surface area contributed by atoms with E-state index in [1.54, 1.807) is 6.07 Å². The van der Waals surface area contributed by atoms with Gasteiger partial charge in [-0.15, -0.1) is 0 Å². The number of hydrogen-bond donors (Lipinski definition) is 3. The average molecular weight is 378 g/mol. The molecule has 0 saturated heterocycles. The van der Waals surface area contributed by atoms with Crippen molar-refractivity contribution in [2.24, 2.45) is 0 Å². The fraction of sp³-hybridized carbons (Fsp3) is 0.412. The molecule has 0 aliphatic carbocycles. The maximum atomic E-state index is 12.6.